The molecule has 0 aromatic heterocycles. The molecule has 0 bridgehead atoms. The fraction of sp³-hybridized carbons (Fsp3) is 0.591. The van der Waals surface area contributed by atoms with Crippen molar-refractivity contribution in [3.8, 4) is 6.07 Å². The third-order valence-electron chi connectivity index (χ3n) is 5.28. The Labute approximate surface area is 168 Å². The molecule has 1 aliphatic rings. The Hall–Kier alpha value is -2.39. The van der Waals surface area contributed by atoms with Crippen LogP contribution in [0.2, 0.25) is 0 Å². The zero-order chi connectivity index (χ0) is 20.9. The highest BCUT2D eigenvalue weighted by Gasteiger charge is 2.30. The van der Waals surface area contributed by atoms with Crippen molar-refractivity contribution < 1.29 is 9.59 Å². The van der Waals surface area contributed by atoms with E-state index >= 15 is 0 Å². The molecule has 6 heteroatoms. The van der Waals surface area contributed by atoms with E-state index in [2.05, 4.69) is 11.0 Å². The van der Waals surface area contributed by atoms with Crippen molar-refractivity contribution in [2.75, 3.05) is 44.2 Å². The Kier molecular flexibility index (Phi) is 7.20. The van der Waals surface area contributed by atoms with Gasteiger partial charge in [0, 0.05) is 43.8 Å². The summed E-state index contributed by atoms with van der Waals surface area (Å²) in [5.74, 6) is 0.157. The molecule has 0 radical (unpaired) electrons. The summed E-state index contributed by atoms with van der Waals surface area (Å²) < 4.78 is 0. The SMILES string of the molecule is Cc1cccc(N(CCC#N)C(=O)CN2CCN(C(=O)C(C)(C)C)CC2)c1C. The standard InChI is InChI=1S/C22H32N4O2/c1-17-8-6-9-19(18(17)2)26(11-7-10-23)20(27)16-24-12-14-25(15-13-24)21(28)22(3,4)5/h6,8-9H,7,11-16H2,1-5H3. The van der Waals surface area contributed by atoms with Crippen molar-refractivity contribution in [3.63, 3.8) is 0 Å². The lowest BCUT2D eigenvalue weighted by atomic mass is 9.94. The summed E-state index contributed by atoms with van der Waals surface area (Å²) in [6.07, 6.45) is 0.299. The largest absolute Gasteiger partial charge is 0.340 e. The number of rotatable bonds is 5. The van der Waals surface area contributed by atoms with Crippen LogP contribution in [0.4, 0.5) is 5.69 Å². The monoisotopic (exact) mass is 384 g/mol. The Morgan fingerprint density at radius 2 is 1.79 bits per heavy atom. The first-order valence-electron chi connectivity index (χ1n) is 9.90. The van der Waals surface area contributed by atoms with Gasteiger partial charge in [-0.25, -0.2) is 0 Å². The number of hydrogen-bond acceptors (Lipinski definition) is 4. The molecule has 1 heterocycles. The van der Waals surface area contributed by atoms with E-state index in [1.165, 1.54) is 0 Å². The predicted molar refractivity (Wildman–Crippen MR) is 111 cm³/mol. The number of piperazine rings is 1. The first kappa shape index (κ1) is 21.9. The molecule has 1 aromatic rings. The number of amides is 2. The summed E-state index contributed by atoms with van der Waals surface area (Å²) in [6.45, 7) is 13.2. The number of nitriles is 1. The van der Waals surface area contributed by atoms with Crippen LogP contribution >= 0.6 is 0 Å². The fourth-order valence-corrected chi connectivity index (χ4v) is 3.43. The second-order valence-electron chi connectivity index (χ2n) is 8.49. The van der Waals surface area contributed by atoms with Crippen LogP contribution in [0.1, 0.15) is 38.3 Å². The minimum Gasteiger partial charge on any atom is -0.340 e. The van der Waals surface area contributed by atoms with Gasteiger partial charge in [0.15, 0.2) is 0 Å². The number of aryl methyl sites for hydroxylation is 1. The predicted octanol–water partition coefficient (Wildman–Crippen LogP) is 2.74. The molecule has 1 aliphatic heterocycles. The van der Waals surface area contributed by atoms with Crippen LogP contribution in [-0.2, 0) is 9.59 Å². The summed E-state index contributed by atoms with van der Waals surface area (Å²) in [5, 5.41) is 9.00. The van der Waals surface area contributed by atoms with Crippen LogP contribution in [0, 0.1) is 30.6 Å². The van der Waals surface area contributed by atoms with Gasteiger partial charge in [-0.1, -0.05) is 32.9 Å². The van der Waals surface area contributed by atoms with Gasteiger partial charge in [-0.15, -0.1) is 0 Å². The molecular formula is C22H32N4O2. The topological polar surface area (TPSA) is 67.7 Å². The average Bonchev–Trinajstić information content (AvgIpc) is 2.64. The Bertz CT molecular complexity index is 753. The fourth-order valence-electron chi connectivity index (χ4n) is 3.43. The molecule has 0 aliphatic carbocycles. The lowest BCUT2D eigenvalue weighted by molar-refractivity contribution is -0.141. The van der Waals surface area contributed by atoms with Crippen LogP contribution in [0.15, 0.2) is 18.2 Å². The van der Waals surface area contributed by atoms with E-state index in [4.69, 9.17) is 5.26 Å². The quantitative estimate of drug-likeness (QED) is 0.783. The van der Waals surface area contributed by atoms with E-state index in [-0.39, 0.29) is 17.2 Å². The maximum absolute atomic E-state index is 13.1. The molecule has 0 atom stereocenters. The molecule has 152 valence electrons. The number of benzene rings is 1. The van der Waals surface area contributed by atoms with Gasteiger partial charge < -0.3 is 9.80 Å². The van der Waals surface area contributed by atoms with E-state index in [0.29, 0.717) is 45.7 Å². The second kappa shape index (κ2) is 9.20. The minimum absolute atomic E-state index is 0.000419. The zero-order valence-electron chi connectivity index (χ0n) is 17.8. The van der Waals surface area contributed by atoms with Crippen LogP contribution in [-0.4, -0.2) is 60.9 Å². The molecule has 1 aromatic carbocycles. The molecule has 1 fully saturated rings. The number of nitrogens with zero attached hydrogens (tertiary/aromatic N) is 4. The molecule has 0 spiro atoms. The Morgan fingerprint density at radius 1 is 1.14 bits per heavy atom. The summed E-state index contributed by atoms with van der Waals surface area (Å²) in [6, 6.07) is 8.05. The van der Waals surface area contributed by atoms with Gasteiger partial charge in [0.05, 0.1) is 19.0 Å². The van der Waals surface area contributed by atoms with Gasteiger partial charge in [0.25, 0.3) is 0 Å². The van der Waals surface area contributed by atoms with Gasteiger partial charge in [0.2, 0.25) is 11.8 Å². The van der Waals surface area contributed by atoms with Gasteiger partial charge >= 0.3 is 0 Å². The molecule has 28 heavy (non-hydrogen) atoms. The summed E-state index contributed by atoms with van der Waals surface area (Å²) in [4.78, 5) is 31.2. The van der Waals surface area contributed by atoms with Crippen LogP contribution < -0.4 is 4.90 Å². The highest BCUT2D eigenvalue weighted by molar-refractivity contribution is 5.95. The van der Waals surface area contributed by atoms with Crippen LogP contribution in [0.3, 0.4) is 0 Å². The molecule has 6 nitrogen and oxygen atoms in total. The van der Waals surface area contributed by atoms with Gasteiger partial charge in [-0.3, -0.25) is 14.5 Å². The Balaban J connectivity index is 2.04. The second-order valence-corrected chi connectivity index (χ2v) is 8.49. The lowest BCUT2D eigenvalue weighted by Crippen LogP contribution is -2.53. The lowest BCUT2D eigenvalue weighted by Gasteiger charge is -2.38. The van der Waals surface area contributed by atoms with Gasteiger partial charge in [0.1, 0.15) is 0 Å². The van der Waals surface area contributed by atoms with Crippen molar-refractivity contribution in [2.45, 2.75) is 41.0 Å². The number of hydrogen-bond donors (Lipinski definition) is 0. The van der Waals surface area contributed by atoms with Crippen molar-refractivity contribution in [1.29, 1.82) is 5.26 Å². The first-order chi connectivity index (χ1) is 13.1. The molecule has 2 rings (SSSR count). The van der Waals surface area contributed by atoms with Crippen molar-refractivity contribution in [1.82, 2.24) is 9.80 Å². The minimum atomic E-state index is -0.380. The van der Waals surface area contributed by atoms with Crippen molar-refractivity contribution in [2.24, 2.45) is 5.41 Å². The smallest absolute Gasteiger partial charge is 0.241 e. The molecule has 1 saturated heterocycles. The number of carbonyl (C=O) groups excluding carboxylic acids is 2. The number of anilines is 1. The van der Waals surface area contributed by atoms with Gasteiger partial charge in [-0.2, -0.15) is 5.26 Å². The van der Waals surface area contributed by atoms with Gasteiger partial charge in [-0.05, 0) is 31.0 Å². The molecule has 0 N–H and O–H groups in total. The third kappa shape index (κ3) is 5.32. The molecular weight excluding hydrogens is 352 g/mol. The first-order valence-corrected chi connectivity index (χ1v) is 9.90. The molecule has 0 unspecified atom stereocenters. The van der Waals surface area contributed by atoms with Crippen molar-refractivity contribution in [3.05, 3.63) is 29.3 Å². The third-order valence-corrected chi connectivity index (χ3v) is 5.28. The summed E-state index contributed by atoms with van der Waals surface area (Å²) in [5.41, 5.74) is 2.69. The maximum Gasteiger partial charge on any atom is 0.241 e. The number of carbonyl (C=O) groups is 2. The Morgan fingerprint density at radius 3 is 2.36 bits per heavy atom. The average molecular weight is 385 g/mol. The van der Waals surface area contributed by atoms with E-state index in [1.54, 1.807) is 4.90 Å². The van der Waals surface area contributed by atoms with E-state index < -0.39 is 0 Å². The van der Waals surface area contributed by atoms with Crippen molar-refractivity contribution >= 4 is 17.5 Å². The van der Waals surface area contributed by atoms with Crippen LogP contribution in [0.25, 0.3) is 0 Å². The highest BCUT2D eigenvalue weighted by atomic mass is 16.2. The summed E-state index contributed by atoms with van der Waals surface area (Å²) >= 11 is 0. The van der Waals surface area contributed by atoms with E-state index in [9.17, 15) is 9.59 Å². The normalized spacial score (nSPS) is 15.2. The molecule has 2 amide bonds. The summed E-state index contributed by atoms with van der Waals surface area (Å²) in [7, 11) is 0. The highest BCUT2D eigenvalue weighted by Crippen LogP contribution is 2.24. The van der Waals surface area contributed by atoms with E-state index in [1.807, 2.05) is 57.7 Å². The molecule has 0 saturated carbocycles. The van der Waals surface area contributed by atoms with E-state index in [0.717, 1.165) is 16.8 Å². The maximum atomic E-state index is 13.1. The zero-order valence-corrected chi connectivity index (χ0v) is 17.8. The van der Waals surface area contributed by atoms with Crippen LogP contribution in [0.5, 0.6) is 0 Å².